The molecule has 0 aliphatic carbocycles. The maximum atomic E-state index is 12.0. The van der Waals surface area contributed by atoms with E-state index in [4.69, 9.17) is 9.47 Å². The summed E-state index contributed by atoms with van der Waals surface area (Å²) in [5.41, 5.74) is 2.06. The molecule has 0 spiro atoms. The van der Waals surface area contributed by atoms with E-state index in [1.54, 1.807) is 28.9 Å². The highest BCUT2D eigenvalue weighted by molar-refractivity contribution is 8.01. The second-order valence-corrected chi connectivity index (χ2v) is 13.4. The largest absolute Gasteiger partial charge is 0.485 e. The summed E-state index contributed by atoms with van der Waals surface area (Å²) < 4.78 is 13.5. The third-order valence-electron chi connectivity index (χ3n) is 6.82. The molecule has 1 aliphatic rings. The van der Waals surface area contributed by atoms with Crippen molar-refractivity contribution in [3.63, 3.8) is 0 Å². The summed E-state index contributed by atoms with van der Waals surface area (Å²) in [6.45, 7) is 3.11. The lowest BCUT2D eigenvalue weighted by Crippen LogP contribution is -2.14. The van der Waals surface area contributed by atoms with Crippen LogP contribution in [0.25, 0.3) is 43.0 Å². The van der Waals surface area contributed by atoms with Crippen LogP contribution >= 0.6 is 34.4 Å². The summed E-state index contributed by atoms with van der Waals surface area (Å²) in [6, 6.07) is 13.6. The zero-order valence-electron chi connectivity index (χ0n) is 23.6. The smallest absolute Gasteiger partial charge is 0.335 e. The molecule has 44 heavy (non-hydrogen) atoms. The molecule has 0 bridgehead atoms. The van der Waals surface area contributed by atoms with E-state index in [1.165, 1.54) is 53.9 Å². The first-order valence-electron chi connectivity index (χ1n) is 14.0. The van der Waals surface area contributed by atoms with Gasteiger partial charge < -0.3 is 19.7 Å². The first kappa shape index (κ1) is 29.8. The standard InChI is InChI=1S/C32H27N3O6S3/c1-2-3-4-13-42-26-6-5-25(43-26)30-28-27(40-11-12-41-28)29(44-30)18-7-9-33-21(14-18)23-16-20(32(38)39)17-24(35-23)22-15-19(31(36)37)8-10-34-22/h5-10,14-17H,2-4,11-13H2,1H3,(H,36,37)(H,38,39). The summed E-state index contributed by atoms with van der Waals surface area (Å²) in [7, 11) is 0. The Bertz CT molecular complexity index is 1850. The number of aromatic carboxylic acids is 2. The molecule has 0 fully saturated rings. The second kappa shape index (κ2) is 13.2. The molecule has 5 aromatic heterocycles. The molecule has 6 heterocycles. The molecule has 224 valence electrons. The van der Waals surface area contributed by atoms with E-state index in [2.05, 4.69) is 34.0 Å². The average molecular weight is 646 g/mol. The molecule has 0 radical (unpaired) electrons. The normalized spacial score (nSPS) is 12.3. The number of thioether (sulfide) groups is 1. The van der Waals surface area contributed by atoms with Gasteiger partial charge in [-0.3, -0.25) is 9.97 Å². The van der Waals surface area contributed by atoms with Crippen LogP contribution in [0, 0.1) is 0 Å². The van der Waals surface area contributed by atoms with E-state index in [0.29, 0.717) is 30.4 Å². The first-order valence-corrected chi connectivity index (χ1v) is 16.6. The zero-order chi connectivity index (χ0) is 30.6. The Balaban J connectivity index is 1.37. The molecular weight excluding hydrogens is 619 g/mol. The Kier molecular flexibility index (Phi) is 8.91. The zero-order valence-corrected chi connectivity index (χ0v) is 26.1. The number of nitrogens with zero attached hydrogens (tertiary/aromatic N) is 3. The number of thiophene rings is 2. The molecule has 0 saturated carbocycles. The van der Waals surface area contributed by atoms with E-state index in [9.17, 15) is 19.8 Å². The second-order valence-electron chi connectivity index (χ2n) is 9.89. The van der Waals surface area contributed by atoms with E-state index in [-0.39, 0.29) is 22.5 Å². The molecule has 2 N–H and O–H groups in total. The number of ether oxygens (including phenoxy) is 2. The summed E-state index contributed by atoms with van der Waals surface area (Å²) in [4.78, 5) is 39.9. The molecule has 0 saturated heterocycles. The average Bonchev–Trinajstić information content (AvgIpc) is 3.68. The molecule has 0 unspecified atom stereocenters. The molecule has 0 atom stereocenters. The minimum Gasteiger partial charge on any atom is -0.485 e. The Morgan fingerprint density at radius 1 is 0.795 bits per heavy atom. The van der Waals surface area contributed by atoms with Gasteiger partial charge in [-0.05, 0) is 66.3 Å². The van der Waals surface area contributed by atoms with Crippen LogP contribution in [0.15, 0.2) is 65.1 Å². The van der Waals surface area contributed by atoms with Gasteiger partial charge in [0.2, 0.25) is 0 Å². The summed E-state index contributed by atoms with van der Waals surface area (Å²) >= 11 is 5.22. The third kappa shape index (κ3) is 6.33. The minimum absolute atomic E-state index is 0.0201. The highest BCUT2D eigenvalue weighted by Crippen LogP contribution is 2.55. The number of carboxylic acid groups (broad SMARTS) is 2. The van der Waals surface area contributed by atoms with Gasteiger partial charge in [-0.15, -0.1) is 34.4 Å². The number of hydrogen-bond donors (Lipinski definition) is 2. The van der Waals surface area contributed by atoms with Gasteiger partial charge in [0.15, 0.2) is 11.5 Å². The lowest BCUT2D eigenvalue weighted by Gasteiger charge is -2.17. The van der Waals surface area contributed by atoms with E-state index < -0.39 is 11.9 Å². The molecule has 0 amide bonds. The molecular formula is C32H27N3O6S3. The number of aromatic nitrogens is 3. The van der Waals surface area contributed by atoms with Crippen LogP contribution < -0.4 is 9.47 Å². The van der Waals surface area contributed by atoms with Gasteiger partial charge in [0, 0.05) is 17.3 Å². The predicted octanol–water partition coefficient (Wildman–Crippen LogP) is 8.11. The van der Waals surface area contributed by atoms with Gasteiger partial charge in [0.05, 0.1) is 47.9 Å². The summed E-state index contributed by atoms with van der Waals surface area (Å²) in [5.74, 6) is 0.243. The van der Waals surface area contributed by atoms with Crippen molar-refractivity contribution in [3.05, 3.63) is 72.1 Å². The first-order chi connectivity index (χ1) is 21.4. The fourth-order valence-corrected chi connectivity index (χ4v) is 8.18. The molecule has 0 aromatic carbocycles. The third-order valence-corrected chi connectivity index (χ3v) is 10.6. The number of pyridine rings is 3. The number of unbranched alkanes of at least 4 members (excludes halogenated alkanes) is 2. The quantitative estimate of drug-likeness (QED) is 0.107. The lowest BCUT2D eigenvalue weighted by atomic mass is 10.1. The van der Waals surface area contributed by atoms with E-state index in [0.717, 1.165) is 31.7 Å². The fourth-order valence-electron chi connectivity index (χ4n) is 4.68. The summed E-state index contributed by atoms with van der Waals surface area (Å²) in [5, 5.41) is 19.2. The number of carboxylic acids is 2. The van der Waals surface area contributed by atoms with Crippen LogP contribution in [-0.4, -0.2) is 56.1 Å². The Hall–Kier alpha value is -4.26. The van der Waals surface area contributed by atoms with Crippen molar-refractivity contribution < 1.29 is 29.3 Å². The predicted molar refractivity (Wildman–Crippen MR) is 172 cm³/mol. The number of hydrogen-bond acceptors (Lipinski definition) is 10. The Labute approximate surface area is 265 Å². The van der Waals surface area contributed by atoms with Gasteiger partial charge in [-0.1, -0.05) is 19.8 Å². The topological polar surface area (TPSA) is 132 Å². The number of rotatable bonds is 11. The van der Waals surface area contributed by atoms with Gasteiger partial charge in [0.1, 0.15) is 13.2 Å². The van der Waals surface area contributed by atoms with Crippen LogP contribution in [0.1, 0.15) is 46.9 Å². The summed E-state index contributed by atoms with van der Waals surface area (Å²) in [6.07, 6.45) is 6.64. The minimum atomic E-state index is -1.15. The SMILES string of the molecule is CCCCCSc1ccc(-c2sc(-c3ccnc(-c4cc(C(=O)O)cc(-c5cc(C(=O)O)ccn5)n4)c3)c3c2OCCO3)s1. The van der Waals surface area contributed by atoms with Crippen molar-refractivity contribution in [1.29, 1.82) is 0 Å². The van der Waals surface area contributed by atoms with Crippen LogP contribution in [0.3, 0.4) is 0 Å². The monoisotopic (exact) mass is 645 g/mol. The van der Waals surface area contributed by atoms with E-state index in [1.807, 2.05) is 23.9 Å². The van der Waals surface area contributed by atoms with Crippen LogP contribution in [0.4, 0.5) is 0 Å². The van der Waals surface area contributed by atoms with E-state index >= 15 is 0 Å². The number of fused-ring (bicyclic) bond motifs is 1. The van der Waals surface area contributed by atoms with Crippen molar-refractivity contribution in [3.8, 4) is 54.5 Å². The molecule has 12 heteroatoms. The maximum absolute atomic E-state index is 12.0. The lowest BCUT2D eigenvalue weighted by molar-refractivity contribution is 0.0686. The number of carbonyl (C=O) groups is 2. The van der Waals surface area contributed by atoms with Crippen molar-refractivity contribution in [2.45, 2.75) is 30.4 Å². The highest BCUT2D eigenvalue weighted by atomic mass is 32.2. The van der Waals surface area contributed by atoms with Crippen LogP contribution in [0.5, 0.6) is 11.5 Å². The maximum Gasteiger partial charge on any atom is 0.335 e. The molecule has 9 nitrogen and oxygen atoms in total. The van der Waals surface area contributed by atoms with Gasteiger partial charge in [-0.25, -0.2) is 14.6 Å². The van der Waals surface area contributed by atoms with Crippen LogP contribution in [0.2, 0.25) is 0 Å². The molecule has 5 aromatic rings. The van der Waals surface area contributed by atoms with Crippen molar-refractivity contribution in [1.82, 2.24) is 15.0 Å². The Morgan fingerprint density at radius 3 is 2.16 bits per heavy atom. The van der Waals surface area contributed by atoms with Crippen molar-refractivity contribution >= 4 is 46.4 Å². The van der Waals surface area contributed by atoms with Crippen molar-refractivity contribution in [2.75, 3.05) is 19.0 Å². The Morgan fingerprint density at radius 2 is 1.45 bits per heavy atom. The molecule has 1 aliphatic heterocycles. The van der Waals surface area contributed by atoms with Gasteiger partial charge in [-0.2, -0.15) is 0 Å². The van der Waals surface area contributed by atoms with Crippen molar-refractivity contribution in [2.24, 2.45) is 0 Å². The highest BCUT2D eigenvalue weighted by Gasteiger charge is 2.27. The van der Waals surface area contributed by atoms with Crippen LogP contribution in [-0.2, 0) is 0 Å². The van der Waals surface area contributed by atoms with Gasteiger partial charge in [0.25, 0.3) is 0 Å². The van der Waals surface area contributed by atoms with Gasteiger partial charge >= 0.3 is 11.9 Å². The fraction of sp³-hybridized carbons (Fsp3) is 0.219. The molecule has 6 rings (SSSR count).